The largest absolute Gasteiger partial charge is 0.488 e. The van der Waals surface area contributed by atoms with Gasteiger partial charge in [0.25, 0.3) is 0 Å². The van der Waals surface area contributed by atoms with Gasteiger partial charge in [0.2, 0.25) is 0 Å². The quantitative estimate of drug-likeness (QED) is 0.516. The molecule has 8 nitrogen and oxygen atoms in total. The van der Waals surface area contributed by atoms with E-state index in [1.807, 2.05) is 0 Å². The van der Waals surface area contributed by atoms with Crippen molar-refractivity contribution in [3.05, 3.63) is 64.7 Å². The first-order valence-electron chi connectivity index (χ1n) is 7.81. The number of hydrogen-bond donors (Lipinski definition) is 0. The predicted octanol–water partition coefficient (Wildman–Crippen LogP) is 2.83. The Morgan fingerprint density at radius 3 is 2.77 bits per heavy atom. The number of aromatic nitrogens is 3. The van der Waals surface area contributed by atoms with Crippen LogP contribution < -0.4 is 9.47 Å². The van der Waals surface area contributed by atoms with E-state index in [0.717, 1.165) is 5.56 Å². The van der Waals surface area contributed by atoms with E-state index in [1.54, 1.807) is 35.0 Å². The number of imidazole rings is 1. The van der Waals surface area contributed by atoms with Crippen molar-refractivity contribution in [3.63, 3.8) is 0 Å². The zero-order chi connectivity index (χ0) is 18.1. The fraction of sp³-hybridized carbons (Fsp3) is 0.176. The lowest BCUT2D eigenvalue weighted by Crippen LogP contribution is -2.23. The summed E-state index contributed by atoms with van der Waals surface area (Å²) in [6.45, 7) is 0.687. The van der Waals surface area contributed by atoms with Gasteiger partial charge in [0.1, 0.15) is 24.4 Å². The number of nitro groups is 1. The molecule has 0 fully saturated rings. The molecule has 132 valence electrons. The molecule has 0 bridgehead atoms. The second-order valence-corrected chi connectivity index (χ2v) is 5.73. The topological polar surface area (TPSA) is 92.3 Å². The number of hydrogen-bond acceptors (Lipinski definition) is 6. The van der Waals surface area contributed by atoms with Gasteiger partial charge in [-0.25, -0.2) is 4.39 Å². The van der Waals surface area contributed by atoms with Crippen molar-refractivity contribution in [2.45, 2.75) is 12.6 Å². The third-order valence-corrected chi connectivity index (χ3v) is 3.90. The molecule has 0 saturated heterocycles. The number of benzene rings is 1. The highest BCUT2D eigenvalue weighted by atomic mass is 19.1. The molecule has 0 amide bonds. The van der Waals surface area contributed by atoms with Gasteiger partial charge in [-0.1, -0.05) is 0 Å². The maximum Gasteiger partial charge on any atom is 0.414 e. The Bertz CT molecular complexity index is 917. The number of pyridine rings is 1. The van der Waals surface area contributed by atoms with Gasteiger partial charge >= 0.3 is 11.8 Å². The standard InChI is InChI=1S/C17H13FN4O4/c18-12-3-1-11(2-4-12)15-6-5-13(7-19-15)25-10-14-8-21-9-16(22(23)24)20-17(21)26-14/h1-7,9,14H,8,10H2. The van der Waals surface area contributed by atoms with Crippen molar-refractivity contribution in [1.82, 2.24) is 14.5 Å². The van der Waals surface area contributed by atoms with Gasteiger partial charge in [0.15, 0.2) is 6.10 Å². The molecule has 0 aliphatic carbocycles. The molecule has 0 saturated carbocycles. The molecule has 9 heteroatoms. The zero-order valence-corrected chi connectivity index (χ0v) is 13.4. The molecule has 4 rings (SSSR count). The molecule has 0 N–H and O–H groups in total. The van der Waals surface area contributed by atoms with Crippen LogP contribution in [0.5, 0.6) is 11.8 Å². The number of nitrogens with zero attached hydrogens (tertiary/aromatic N) is 4. The predicted molar refractivity (Wildman–Crippen MR) is 88.4 cm³/mol. The maximum absolute atomic E-state index is 13.0. The summed E-state index contributed by atoms with van der Waals surface area (Å²) in [5.74, 6) is 0.0329. The van der Waals surface area contributed by atoms with E-state index in [9.17, 15) is 14.5 Å². The lowest BCUT2D eigenvalue weighted by molar-refractivity contribution is -0.389. The molecule has 0 spiro atoms. The van der Waals surface area contributed by atoms with Crippen molar-refractivity contribution >= 4 is 5.82 Å². The summed E-state index contributed by atoms with van der Waals surface area (Å²) in [6, 6.07) is 9.85. The lowest BCUT2D eigenvalue weighted by Gasteiger charge is -2.11. The number of rotatable bonds is 5. The minimum Gasteiger partial charge on any atom is -0.488 e. The minimum absolute atomic E-state index is 0.218. The first-order chi connectivity index (χ1) is 12.6. The molecular formula is C17H13FN4O4. The van der Waals surface area contributed by atoms with Crippen LogP contribution in [-0.2, 0) is 6.54 Å². The zero-order valence-electron chi connectivity index (χ0n) is 13.4. The second-order valence-electron chi connectivity index (χ2n) is 5.73. The van der Waals surface area contributed by atoms with E-state index in [-0.39, 0.29) is 30.4 Å². The summed E-state index contributed by atoms with van der Waals surface area (Å²) < 4.78 is 25.7. The van der Waals surface area contributed by atoms with Gasteiger partial charge in [-0.2, -0.15) is 0 Å². The van der Waals surface area contributed by atoms with Gasteiger partial charge in [-0.3, -0.25) is 9.55 Å². The fourth-order valence-electron chi connectivity index (χ4n) is 2.64. The van der Waals surface area contributed by atoms with Crippen LogP contribution in [0, 0.1) is 15.9 Å². The summed E-state index contributed by atoms with van der Waals surface area (Å²) in [4.78, 5) is 18.2. The molecule has 3 aromatic rings. The molecule has 26 heavy (non-hydrogen) atoms. The highest BCUT2D eigenvalue weighted by Gasteiger charge is 2.31. The van der Waals surface area contributed by atoms with E-state index in [4.69, 9.17) is 9.47 Å². The smallest absolute Gasteiger partial charge is 0.414 e. The van der Waals surface area contributed by atoms with Crippen LogP contribution in [-0.4, -0.2) is 32.2 Å². The molecule has 3 heterocycles. The van der Waals surface area contributed by atoms with Gasteiger partial charge in [-0.15, -0.1) is 0 Å². The average molecular weight is 356 g/mol. The molecule has 0 radical (unpaired) electrons. The van der Waals surface area contributed by atoms with E-state index < -0.39 is 4.92 Å². The van der Waals surface area contributed by atoms with E-state index in [1.165, 1.54) is 18.3 Å². The number of ether oxygens (including phenoxy) is 2. The summed E-state index contributed by atoms with van der Waals surface area (Å²) in [5.41, 5.74) is 1.52. The van der Waals surface area contributed by atoms with Crippen molar-refractivity contribution < 1.29 is 18.8 Å². The Balaban J connectivity index is 1.34. The third kappa shape index (κ3) is 3.18. The van der Waals surface area contributed by atoms with Crippen LogP contribution in [0.25, 0.3) is 11.3 Å². The average Bonchev–Trinajstić information content (AvgIpc) is 3.20. The first kappa shape index (κ1) is 16.0. The van der Waals surface area contributed by atoms with Crippen LogP contribution in [0.15, 0.2) is 48.8 Å². The Morgan fingerprint density at radius 2 is 2.12 bits per heavy atom. The SMILES string of the molecule is O=[N+]([O-])c1cn2c(n1)OC(COc1ccc(-c3ccc(F)cc3)nc1)C2. The van der Waals surface area contributed by atoms with Crippen molar-refractivity contribution in [1.29, 1.82) is 0 Å². The minimum atomic E-state index is -0.561. The highest BCUT2D eigenvalue weighted by Crippen LogP contribution is 2.25. The van der Waals surface area contributed by atoms with Crippen LogP contribution in [0.4, 0.5) is 10.2 Å². The Labute approximate surface area is 147 Å². The summed E-state index contributed by atoms with van der Waals surface area (Å²) in [6.07, 6.45) is 2.64. The summed E-state index contributed by atoms with van der Waals surface area (Å²) >= 11 is 0. The van der Waals surface area contributed by atoms with Crippen molar-refractivity contribution in [2.24, 2.45) is 0 Å². The third-order valence-electron chi connectivity index (χ3n) is 3.90. The van der Waals surface area contributed by atoms with E-state index in [0.29, 0.717) is 18.0 Å². The van der Waals surface area contributed by atoms with E-state index in [2.05, 4.69) is 9.97 Å². The Hall–Kier alpha value is -3.49. The van der Waals surface area contributed by atoms with Gasteiger partial charge < -0.3 is 19.6 Å². The molecule has 1 aliphatic rings. The molecule has 1 aromatic carbocycles. The molecule has 1 aliphatic heterocycles. The Morgan fingerprint density at radius 1 is 1.31 bits per heavy atom. The Kier molecular flexibility index (Phi) is 3.96. The summed E-state index contributed by atoms with van der Waals surface area (Å²) in [7, 11) is 0. The van der Waals surface area contributed by atoms with Gasteiger partial charge in [0.05, 0.1) is 18.4 Å². The lowest BCUT2D eigenvalue weighted by atomic mass is 10.1. The van der Waals surface area contributed by atoms with Crippen molar-refractivity contribution in [2.75, 3.05) is 6.61 Å². The number of fused-ring (bicyclic) bond motifs is 1. The molecule has 1 atom stereocenters. The molecular weight excluding hydrogens is 343 g/mol. The van der Waals surface area contributed by atoms with E-state index >= 15 is 0 Å². The van der Waals surface area contributed by atoms with Crippen LogP contribution in [0.3, 0.4) is 0 Å². The van der Waals surface area contributed by atoms with Gasteiger partial charge in [0, 0.05) is 10.5 Å². The maximum atomic E-state index is 13.0. The van der Waals surface area contributed by atoms with Crippen LogP contribution in [0.1, 0.15) is 0 Å². The van der Waals surface area contributed by atoms with Crippen LogP contribution >= 0.6 is 0 Å². The molecule has 2 aromatic heterocycles. The second kappa shape index (κ2) is 6.43. The first-order valence-corrected chi connectivity index (χ1v) is 7.81. The number of halogens is 1. The van der Waals surface area contributed by atoms with Crippen LogP contribution in [0.2, 0.25) is 0 Å². The van der Waals surface area contributed by atoms with Crippen molar-refractivity contribution in [3.8, 4) is 23.0 Å². The summed E-state index contributed by atoms with van der Waals surface area (Å²) in [5, 5.41) is 10.7. The fourth-order valence-corrected chi connectivity index (χ4v) is 2.64. The van der Waals surface area contributed by atoms with Gasteiger partial charge in [-0.05, 0) is 41.3 Å². The monoisotopic (exact) mass is 356 g/mol. The normalized spacial score (nSPS) is 15.3. The molecule has 1 unspecified atom stereocenters. The highest BCUT2D eigenvalue weighted by molar-refractivity contribution is 5.59.